The Labute approximate surface area is 157 Å². The zero-order chi connectivity index (χ0) is 19.7. The summed E-state index contributed by atoms with van der Waals surface area (Å²) in [5.41, 5.74) is 4.62. The molecule has 1 atom stereocenters. The van der Waals surface area contributed by atoms with Crippen LogP contribution in [-0.4, -0.2) is 77.6 Å². The van der Waals surface area contributed by atoms with Crippen LogP contribution in [0.3, 0.4) is 0 Å². The van der Waals surface area contributed by atoms with E-state index in [0.717, 1.165) is 21.9 Å². The number of ether oxygens (including phenoxy) is 1. The van der Waals surface area contributed by atoms with Crippen molar-refractivity contribution in [3.8, 4) is 5.75 Å². The molecule has 1 fully saturated rings. The Morgan fingerprint density at radius 1 is 1.26 bits per heavy atom. The first-order valence-electron chi connectivity index (χ1n) is 8.61. The quantitative estimate of drug-likeness (QED) is 0.479. The summed E-state index contributed by atoms with van der Waals surface area (Å²) in [5, 5.41) is 4.39. The van der Waals surface area contributed by atoms with Crippen LogP contribution in [0.5, 0.6) is 5.75 Å². The first kappa shape index (κ1) is 18.6. The third-order valence-electron chi connectivity index (χ3n) is 4.70. The number of amides is 3. The summed E-state index contributed by atoms with van der Waals surface area (Å²) in [7, 11) is 4.70. The number of likely N-dealkylation sites (N-methyl/N-ethyl adjacent to an activating group) is 3. The van der Waals surface area contributed by atoms with E-state index in [9.17, 15) is 9.59 Å². The van der Waals surface area contributed by atoms with E-state index in [1.165, 1.54) is 11.9 Å². The number of rotatable bonds is 4. The van der Waals surface area contributed by atoms with Crippen LogP contribution in [0.15, 0.2) is 34.4 Å². The second kappa shape index (κ2) is 7.18. The summed E-state index contributed by atoms with van der Waals surface area (Å²) < 4.78 is 6.95. The summed E-state index contributed by atoms with van der Waals surface area (Å²) >= 11 is 0. The van der Waals surface area contributed by atoms with Gasteiger partial charge in [-0.1, -0.05) is 4.99 Å². The molecule has 1 saturated heterocycles. The summed E-state index contributed by atoms with van der Waals surface area (Å²) in [5.74, 6) is 1.32. The molecule has 2 aliphatic heterocycles. The van der Waals surface area contributed by atoms with Crippen molar-refractivity contribution in [1.82, 2.24) is 15.2 Å². The maximum atomic E-state index is 12.6. The van der Waals surface area contributed by atoms with Crippen molar-refractivity contribution < 1.29 is 18.9 Å². The molecule has 0 aromatic heterocycles. The number of nitrogens with zero attached hydrogens (tertiary/aromatic N) is 5. The van der Waals surface area contributed by atoms with Gasteiger partial charge in [0.05, 0.1) is 19.4 Å². The molecule has 9 heteroatoms. The standard InChI is InChI=1S/C18H22N6O3/c1-6-24-14-15(22(3)18(26)23(4)16(14)25)19-17(24)21-20-11(2)12-7-9-13(27-5)10-8-12/h7-10,14H,6H2,1-5H3/p+1/b20-11+. The van der Waals surface area contributed by atoms with Crippen LogP contribution in [0.25, 0.3) is 0 Å². The Morgan fingerprint density at radius 3 is 2.52 bits per heavy atom. The van der Waals surface area contributed by atoms with E-state index in [4.69, 9.17) is 4.74 Å². The molecule has 3 rings (SSSR count). The van der Waals surface area contributed by atoms with Gasteiger partial charge in [0.15, 0.2) is 0 Å². The molecule has 0 spiro atoms. The van der Waals surface area contributed by atoms with Gasteiger partial charge in [-0.05, 0) is 43.7 Å². The number of aliphatic imine (C=N–C) groups is 1. The number of fused-ring (bicyclic) bond motifs is 1. The van der Waals surface area contributed by atoms with Crippen LogP contribution >= 0.6 is 0 Å². The fourth-order valence-corrected chi connectivity index (χ4v) is 3.05. The normalized spacial score (nSPS) is 20.1. The number of benzene rings is 1. The van der Waals surface area contributed by atoms with Crippen molar-refractivity contribution >= 4 is 29.4 Å². The molecular formula is C18H23N6O3+. The number of amidine groups is 1. The first-order chi connectivity index (χ1) is 12.9. The highest BCUT2D eigenvalue weighted by Gasteiger charge is 2.51. The van der Waals surface area contributed by atoms with E-state index in [2.05, 4.69) is 15.5 Å². The maximum absolute atomic E-state index is 12.6. The molecule has 2 aliphatic rings. The lowest BCUT2D eigenvalue weighted by molar-refractivity contribution is -0.533. The van der Waals surface area contributed by atoms with Crippen molar-refractivity contribution in [2.24, 2.45) is 10.1 Å². The molecular weight excluding hydrogens is 348 g/mol. The van der Waals surface area contributed by atoms with Gasteiger partial charge in [-0.15, -0.1) is 5.10 Å². The minimum Gasteiger partial charge on any atom is -0.497 e. The third kappa shape index (κ3) is 3.16. The lowest BCUT2D eigenvalue weighted by Gasteiger charge is -2.31. The molecule has 1 N–H and O–H groups in total. The van der Waals surface area contributed by atoms with E-state index in [1.807, 2.05) is 38.1 Å². The summed E-state index contributed by atoms with van der Waals surface area (Å²) in [4.78, 5) is 31.7. The molecule has 3 amide bonds. The van der Waals surface area contributed by atoms with E-state index in [-0.39, 0.29) is 5.91 Å². The number of hydrazone groups is 1. The summed E-state index contributed by atoms with van der Waals surface area (Å²) in [6.07, 6.45) is 0. The zero-order valence-corrected chi connectivity index (χ0v) is 16.1. The predicted octanol–water partition coefficient (Wildman–Crippen LogP) is 0.702. The highest BCUT2D eigenvalue weighted by atomic mass is 16.5. The minimum absolute atomic E-state index is 0.300. The number of hydrogen-bond donors (Lipinski definition) is 1. The Bertz CT molecular complexity index is 872. The van der Waals surface area contributed by atoms with E-state index in [1.54, 1.807) is 18.7 Å². The Morgan fingerprint density at radius 2 is 1.93 bits per heavy atom. The first-order valence-corrected chi connectivity index (χ1v) is 8.61. The van der Waals surface area contributed by atoms with Gasteiger partial charge in [0.1, 0.15) is 5.75 Å². The van der Waals surface area contributed by atoms with Crippen molar-refractivity contribution in [3.63, 3.8) is 0 Å². The molecule has 9 nitrogen and oxygen atoms in total. The van der Waals surface area contributed by atoms with Gasteiger partial charge in [-0.2, -0.15) is 5.43 Å². The molecule has 0 aliphatic carbocycles. The monoisotopic (exact) mass is 371 g/mol. The Balaban J connectivity index is 1.87. The molecule has 142 valence electrons. The average Bonchev–Trinajstić information content (AvgIpc) is 3.07. The van der Waals surface area contributed by atoms with Crippen LogP contribution < -0.4 is 10.2 Å². The predicted molar refractivity (Wildman–Crippen MR) is 101 cm³/mol. The lowest BCUT2D eigenvalue weighted by Crippen LogP contribution is -2.61. The second-order valence-electron chi connectivity index (χ2n) is 6.26. The molecule has 2 heterocycles. The van der Waals surface area contributed by atoms with Crippen LogP contribution in [0, 0.1) is 0 Å². The second-order valence-corrected chi connectivity index (χ2v) is 6.26. The van der Waals surface area contributed by atoms with Gasteiger partial charge < -0.3 is 4.74 Å². The van der Waals surface area contributed by atoms with Crippen LogP contribution in [0.4, 0.5) is 4.79 Å². The van der Waals surface area contributed by atoms with Crippen LogP contribution in [0.1, 0.15) is 19.4 Å². The van der Waals surface area contributed by atoms with Gasteiger partial charge in [0.25, 0.3) is 5.91 Å². The zero-order valence-electron chi connectivity index (χ0n) is 16.1. The summed E-state index contributed by atoms with van der Waals surface area (Å²) in [6.45, 7) is 4.33. The highest BCUT2D eigenvalue weighted by molar-refractivity contribution is 6.22. The number of hydrogen-bond acceptors (Lipinski definition) is 6. The van der Waals surface area contributed by atoms with Crippen LogP contribution in [-0.2, 0) is 4.79 Å². The maximum Gasteiger partial charge on any atom is 0.413 e. The molecule has 1 unspecified atom stereocenters. The number of imide groups is 1. The van der Waals surface area contributed by atoms with Crippen molar-refractivity contribution in [2.45, 2.75) is 19.9 Å². The number of urea groups is 1. The van der Waals surface area contributed by atoms with E-state index >= 15 is 0 Å². The van der Waals surface area contributed by atoms with Gasteiger partial charge >= 0.3 is 12.0 Å². The van der Waals surface area contributed by atoms with E-state index < -0.39 is 12.1 Å². The fraction of sp³-hybridized carbons (Fsp3) is 0.389. The lowest BCUT2D eigenvalue weighted by atomic mass is 10.1. The molecule has 0 saturated carbocycles. The molecule has 1 aromatic rings. The molecule has 1 aromatic carbocycles. The summed E-state index contributed by atoms with van der Waals surface area (Å²) in [6, 6.07) is 6.52. The minimum atomic E-state index is -0.623. The SMILES string of the molecule is CC[N+]1=C(N/N=C(\C)c2ccc(OC)cc2)N=C2C1C(=O)N(C)C(=O)N2C. The van der Waals surface area contributed by atoms with Crippen molar-refractivity contribution in [2.75, 3.05) is 27.7 Å². The van der Waals surface area contributed by atoms with Gasteiger partial charge in [0.2, 0.25) is 11.9 Å². The smallest absolute Gasteiger partial charge is 0.413 e. The number of carbonyl (C=O) groups excluding carboxylic acids is 2. The largest absolute Gasteiger partial charge is 0.497 e. The van der Waals surface area contributed by atoms with Crippen LogP contribution in [0.2, 0.25) is 0 Å². The Hall–Kier alpha value is -3.23. The van der Waals surface area contributed by atoms with Gasteiger partial charge in [-0.25, -0.2) is 9.37 Å². The van der Waals surface area contributed by atoms with Crippen molar-refractivity contribution in [1.29, 1.82) is 0 Å². The number of carbonyl (C=O) groups is 2. The number of guanidine groups is 1. The fourth-order valence-electron chi connectivity index (χ4n) is 3.05. The molecule has 27 heavy (non-hydrogen) atoms. The van der Waals surface area contributed by atoms with Crippen molar-refractivity contribution in [3.05, 3.63) is 29.8 Å². The van der Waals surface area contributed by atoms with E-state index in [0.29, 0.717) is 18.3 Å². The molecule has 0 radical (unpaired) electrons. The Kier molecular flexibility index (Phi) is 4.93. The van der Waals surface area contributed by atoms with Gasteiger partial charge in [0, 0.05) is 14.1 Å². The number of methoxy groups -OCH3 is 1. The molecule has 0 bridgehead atoms. The average molecular weight is 371 g/mol. The third-order valence-corrected chi connectivity index (χ3v) is 4.70. The number of nitrogens with one attached hydrogen (secondary N) is 1. The van der Waals surface area contributed by atoms with Gasteiger partial charge in [-0.3, -0.25) is 14.6 Å². The topological polar surface area (TPSA) is 89.6 Å². The highest BCUT2D eigenvalue weighted by Crippen LogP contribution is 2.18.